The maximum Gasteiger partial charge on any atom is 0.418 e. The maximum atomic E-state index is 13.2. The Morgan fingerprint density at radius 3 is 2.56 bits per heavy atom. The van der Waals surface area contributed by atoms with Crippen molar-refractivity contribution in [2.24, 2.45) is 0 Å². The van der Waals surface area contributed by atoms with Gasteiger partial charge in [0, 0.05) is 32.1 Å². The van der Waals surface area contributed by atoms with E-state index in [-0.39, 0.29) is 5.69 Å². The van der Waals surface area contributed by atoms with Gasteiger partial charge in [0.2, 0.25) is 5.95 Å². The molecule has 2 heterocycles. The minimum atomic E-state index is -4.45. The first-order chi connectivity index (χ1) is 12.7. The first-order valence-electron chi connectivity index (χ1n) is 8.22. The van der Waals surface area contributed by atoms with Gasteiger partial charge in [0.25, 0.3) is 0 Å². The third-order valence-corrected chi connectivity index (χ3v) is 3.79. The first-order valence-corrected chi connectivity index (χ1v) is 8.22. The predicted octanol–water partition coefficient (Wildman–Crippen LogP) is 3.67. The highest BCUT2D eigenvalue weighted by Gasteiger charge is 2.33. The second-order valence-electron chi connectivity index (χ2n) is 6.21. The number of benzene rings is 1. The van der Waals surface area contributed by atoms with Crippen molar-refractivity contribution in [2.45, 2.75) is 19.6 Å². The number of aromatic nitrogens is 4. The summed E-state index contributed by atoms with van der Waals surface area (Å²) in [6, 6.07) is 8.79. The van der Waals surface area contributed by atoms with Crippen LogP contribution >= 0.6 is 0 Å². The van der Waals surface area contributed by atoms with Crippen molar-refractivity contribution in [3.05, 3.63) is 59.5 Å². The van der Waals surface area contributed by atoms with Crippen LogP contribution in [0.4, 0.5) is 24.9 Å². The normalized spacial score (nSPS) is 11.5. The number of nitrogens with one attached hydrogen (secondary N) is 1. The highest BCUT2D eigenvalue weighted by atomic mass is 19.4. The van der Waals surface area contributed by atoms with Gasteiger partial charge >= 0.3 is 6.18 Å². The molecular weight excluding hydrogens is 357 g/mol. The van der Waals surface area contributed by atoms with Crippen LogP contribution in [0.1, 0.15) is 17.0 Å². The Balaban J connectivity index is 1.79. The fourth-order valence-electron chi connectivity index (χ4n) is 2.55. The highest BCUT2D eigenvalue weighted by Crippen LogP contribution is 2.33. The van der Waals surface area contributed by atoms with Crippen LogP contribution in [0.5, 0.6) is 0 Å². The number of hydrogen-bond donors (Lipinski definition) is 1. The summed E-state index contributed by atoms with van der Waals surface area (Å²) >= 11 is 0. The van der Waals surface area contributed by atoms with E-state index in [0.29, 0.717) is 18.3 Å². The lowest BCUT2D eigenvalue weighted by atomic mass is 10.2. The summed E-state index contributed by atoms with van der Waals surface area (Å²) in [5.74, 6) is 1.05. The molecular formula is C18H19F3N6. The molecule has 0 fully saturated rings. The average Bonchev–Trinajstić information content (AvgIpc) is 3.07. The van der Waals surface area contributed by atoms with Crippen LogP contribution in [0.3, 0.4) is 0 Å². The molecule has 0 saturated carbocycles. The SMILES string of the molecule is Cc1cc(CNc2ccn(-c3ccccc3C(F)(F)F)n2)nc(N(C)C)n1. The number of para-hydroxylation sites is 1. The number of anilines is 2. The standard InChI is InChI=1S/C18H19F3N6/c1-12-10-13(24-17(23-12)26(2)3)11-22-16-8-9-27(25-16)15-7-5-4-6-14(15)18(19,20)21/h4-10H,11H2,1-3H3,(H,22,25). The zero-order valence-corrected chi connectivity index (χ0v) is 15.1. The van der Waals surface area contributed by atoms with E-state index in [2.05, 4.69) is 20.4 Å². The van der Waals surface area contributed by atoms with Gasteiger partial charge in [-0.05, 0) is 25.1 Å². The molecule has 3 aromatic rings. The van der Waals surface area contributed by atoms with Crippen molar-refractivity contribution in [3.63, 3.8) is 0 Å². The van der Waals surface area contributed by atoms with Gasteiger partial charge in [-0.2, -0.15) is 18.3 Å². The van der Waals surface area contributed by atoms with Crippen molar-refractivity contribution in [2.75, 3.05) is 24.3 Å². The summed E-state index contributed by atoms with van der Waals surface area (Å²) in [7, 11) is 3.71. The molecule has 9 heteroatoms. The molecule has 6 nitrogen and oxygen atoms in total. The Hall–Kier alpha value is -3.10. The summed E-state index contributed by atoms with van der Waals surface area (Å²) in [6.45, 7) is 2.25. The zero-order chi connectivity index (χ0) is 19.6. The van der Waals surface area contributed by atoms with Crippen LogP contribution in [0.2, 0.25) is 0 Å². The Morgan fingerprint density at radius 2 is 1.85 bits per heavy atom. The molecule has 0 saturated heterocycles. The molecule has 142 valence electrons. The number of hydrogen-bond acceptors (Lipinski definition) is 5. The van der Waals surface area contributed by atoms with Gasteiger partial charge in [-0.15, -0.1) is 0 Å². The average molecular weight is 376 g/mol. The Morgan fingerprint density at radius 1 is 1.11 bits per heavy atom. The molecule has 0 aliphatic carbocycles. The maximum absolute atomic E-state index is 13.2. The van der Waals surface area contributed by atoms with Crippen molar-refractivity contribution < 1.29 is 13.2 Å². The van der Waals surface area contributed by atoms with E-state index in [4.69, 9.17) is 0 Å². The van der Waals surface area contributed by atoms with E-state index in [9.17, 15) is 13.2 Å². The quantitative estimate of drug-likeness (QED) is 0.736. The Kier molecular flexibility index (Phi) is 5.02. The van der Waals surface area contributed by atoms with Gasteiger partial charge in [0.05, 0.1) is 23.5 Å². The van der Waals surface area contributed by atoms with Gasteiger partial charge in [-0.3, -0.25) is 0 Å². The Bertz CT molecular complexity index is 933. The summed E-state index contributed by atoms with van der Waals surface area (Å²) < 4.78 is 40.7. The number of alkyl halides is 3. The molecule has 1 aromatic carbocycles. The second kappa shape index (κ2) is 7.26. The van der Waals surface area contributed by atoms with Crippen molar-refractivity contribution >= 4 is 11.8 Å². The highest BCUT2D eigenvalue weighted by molar-refractivity contribution is 5.45. The van der Waals surface area contributed by atoms with Crippen LogP contribution in [-0.4, -0.2) is 33.8 Å². The smallest absolute Gasteiger partial charge is 0.363 e. The molecule has 0 aliphatic heterocycles. The second-order valence-corrected chi connectivity index (χ2v) is 6.21. The topological polar surface area (TPSA) is 58.9 Å². The van der Waals surface area contributed by atoms with Crippen LogP contribution in [0.25, 0.3) is 5.69 Å². The first kappa shape index (κ1) is 18.7. The van der Waals surface area contributed by atoms with E-state index < -0.39 is 11.7 Å². The van der Waals surface area contributed by atoms with E-state index in [1.165, 1.54) is 23.0 Å². The third kappa shape index (κ3) is 4.36. The monoisotopic (exact) mass is 376 g/mol. The number of aryl methyl sites for hydroxylation is 1. The van der Waals surface area contributed by atoms with E-state index >= 15 is 0 Å². The van der Waals surface area contributed by atoms with Gasteiger partial charge in [0.15, 0.2) is 0 Å². The molecule has 0 unspecified atom stereocenters. The van der Waals surface area contributed by atoms with E-state index in [1.807, 2.05) is 27.1 Å². The lowest BCUT2D eigenvalue weighted by Crippen LogP contribution is -2.15. The zero-order valence-electron chi connectivity index (χ0n) is 15.1. The minimum absolute atomic E-state index is 0.0224. The molecule has 0 radical (unpaired) electrons. The molecule has 0 atom stereocenters. The molecule has 1 N–H and O–H groups in total. The lowest BCUT2D eigenvalue weighted by Gasteiger charge is -2.13. The molecule has 2 aromatic heterocycles. The van der Waals surface area contributed by atoms with Crippen LogP contribution in [-0.2, 0) is 12.7 Å². The van der Waals surface area contributed by atoms with Crippen molar-refractivity contribution in [3.8, 4) is 5.69 Å². The molecule has 0 aliphatic rings. The molecule has 0 bridgehead atoms. The van der Waals surface area contributed by atoms with E-state index in [1.54, 1.807) is 17.0 Å². The largest absolute Gasteiger partial charge is 0.418 e. The van der Waals surface area contributed by atoms with E-state index in [0.717, 1.165) is 17.5 Å². The van der Waals surface area contributed by atoms with Gasteiger partial charge in [-0.1, -0.05) is 12.1 Å². The molecule has 0 amide bonds. The number of nitrogens with zero attached hydrogens (tertiary/aromatic N) is 5. The summed E-state index contributed by atoms with van der Waals surface area (Å²) in [5.41, 5.74) is 0.833. The minimum Gasteiger partial charge on any atom is -0.363 e. The van der Waals surface area contributed by atoms with Crippen LogP contribution < -0.4 is 10.2 Å². The fourth-order valence-corrected chi connectivity index (χ4v) is 2.55. The number of rotatable bonds is 5. The molecule has 27 heavy (non-hydrogen) atoms. The Labute approximate surface area is 154 Å². The number of halogens is 3. The summed E-state index contributed by atoms with van der Waals surface area (Å²) in [4.78, 5) is 10.6. The van der Waals surface area contributed by atoms with Gasteiger partial charge in [0.1, 0.15) is 5.82 Å². The molecule has 0 spiro atoms. The van der Waals surface area contributed by atoms with Crippen LogP contribution in [0, 0.1) is 6.92 Å². The van der Waals surface area contributed by atoms with Crippen molar-refractivity contribution in [1.82, 2.24) is 19.7 Å². The lowest BCUT2D eigenvalue weighted by molar-refractivity contribution is -0.137. The predicted molar refractivity (Wildman–Crippen MR) is 97.0 cm³/mol. The van der Waals surface area contributed by atoms with Crippen LogP contribution in [0.15, 0.2) is 42.6 Å². The molecule has 3 rings (SSSR count). The third-order valence-electron chi connectivity index (χ3n) is 3.79. The fraction of sp³-hybridized carbons (Fsp3) is 0.278. The summed E-state index contributed by atoms with van der Waals surface area (Å²) in [5, 5.41) is 7.28. The van der Waals surface area contributed by atoms with Gasteiger partial charge in [-0.25, -0.2) is 14.6 Å². The van der Waals surface area contributed by atoms with Gasteiger partial charge < -0.3 is 10.2 Å². The van der Waals surface area contributed by atoms with Crippen molar-refractivity contribution in [1.29, 1.82) is 0 Å². The summed E-state index contributed by atoms with van der Waals surface area (Å²) in [6.07, 6.45) is -2.96.